The van der Waals surface area contributed by atoms with Crippen molar-refractivity contribution >= 4 is 46.1 Å². The Morgan fingerprint density at radius 3 is 2.37 bits per heavy atom. The first-order valence-electron chi connectivity index (χ1n) is 15.5. The SMILES string of the molecule is CC.N=C(Oc1ccccc1)N1CCC(CC(=O)N2CCN(C3c4ccc(Cl)cc4CCc4cc(I)cnc43)CC2)CC1. The van der Waals surface area contributed by atoms with Crippen LogP contribution in [0.15, 0.2) is 60.8 Å². The van der Waals surface area contributed by atoms with Crippen LogP contribution < -0.4 is 4.74 Å². The molecule has 2 fully saturated rings. The summed E-state index contributed by atoms with van der Waals surface area (Å²) in [5, 5.41) is 9.11. The Morgan fingerprint density at radius 2 is 1.65 bits per heavy atom. The van der Waals surface area contributed by atoms with E-state index in [1.54, 1.807) is 0 Å². The molecule has 1 unspecified atom stereocenters. The lowest BCUT2D eigenvalue weighted by atomic mass is 9.93. The van der Waals surface area contributed by atoms with E-state index in [-0.39, 0.29) is 18.0 Å². The van der Waals surface area contributed by atoms with Crippen LogP contribution in [0.3, 0.4) is 0 Å². The van der Waals surface area contributed by atoms with Crippen LogP contribution in [0.5, 0.6) is 5.75 Å². The summed E-state index contributed by atoms with van der Waals surface area (Å²) in [5.74, 6) is 1.28. The Morgan fingerprint density at radius 1 is 0.953 bits per heavy atom. The van der Waals surface area contributed by atoms with Crippen molar-refractivity contribution in [1.29, 1.82) is 5.41 Å². The van der Waals surface area contributed by atoms with Gasteiger partial charge in [0.25, 0.3) is 6.02 Å². The Balaban J connectivity index is 0.00000180. The Labute approximate surface area is 274 Å². The summed E-state index contributed by atoms with van der Waals surface area (Å²) >= 11 is 8.74. The number of para-hydroxylation sites is 1. The second kappa shape index (κ2) is 14.9. The number of piperidine rings is 1. The van der Waals surface area contributed by atoms with Crippen molar-refractivity contribution in [3.05, 3.63) is 91.8 Å². The third kappa shape index (κ3) is 7.70. The van der Waals surface area contributed by atoms with Gasteiger partial charge in [0.1, 0.15) is 5.75 Å². The number of rotatable bonds is 4. The van der Waals surface area contributed by atoms with Gasteiger partial charge in [0.15, 0.2) is 0 Å². The monoisotopic (exact) mass is 713 g/mol. The molecule has 2 aromatic carbocycles. The first-order chi connectivity index (χ1) is 20.9. The van der Waals surface area contributed by atoms with Crippen molar-refractivity contribution in [3.8, 4) is 5.75 Å². The number of amidine groups is 1. The summed E-state index contributed by atoms with van der Waals surface area (Å²) in [7, 11) is 0. The molecule has 228 valence electrons. The summed E-state index contributed by atoms with van der Waals surface area (Å²) in [6.07, 6.45) is 6.25. The predicted octanol–water partition coefficient (Wildman–Crippen LogP) is 6.81. The fourth-order valence-electron chi connectivity index (χ4n) is 6.39. The smallest absolute Gasteiger partial charge is 0.289 e. The van der Waals surface area contributed by atoms with Crippen LogP contribution in [0.2, 0.25) is 5.02 Å². The molecule has 9 heteroatoms. The molecule has 1 aliphatic carbocycles. The van der Waals surface area contributed by atoms with E-state index >= 15 is 0 Å². The second-order valence-corrected chi connectivity index (χ2v) is 12.9. The summed E-state index contributed by atoms with van der Waals surface area (Å²) in [4.78, 5) is 24.8. The first-order valence-corrected chi connectivity index (χ1v) is 16.9. The quantitative estimate of drug-likeness (QED) is 0.183. The molecule has 1 amide bonds. The molecular weight excluding hydrogens is 673 g/mol. The Kier molecular flexibility index (Phi) is 11.0. The van der Waals surface area contributed by atoms with Crippen molar-refractivity contribution in [2.75, 3.05) is 39.3 Å². The zero-order valence-corrected chi connectivity index (χ0v) is 28.0. The van der Waals surface area contributed by atoms with Gasteiger partial charge in [0.05, 0.1) is 11.7 Å². The number of halogens is 2. The molecule has 1 N–H and O–H groups in total. The van der Waals surface area contributed by atoms with Gasteiger partial charge in [-0.25, -0.2) is 0 Å². The molecule has 3 aromatic rings. The maximum absolute atomic E-state index is 13.3. The van der Waals surface area contributed by atoms with Crippen LogP contribution in [-0.4, -0.2) is 70.9 Å². The second-order valence-electron chi connectivity index (χ2n) is 11.2. The van der Waals surface area contributed by atoms with Crippen molar-refractivity contribution in [2.24, 2.45) is 5.92 Å². The van der Waals surface area contributed by atoms with Crippen LogP contribution in [0.1, 0.15) is 61.5 Å². The number of nitrogens with one attached hydrogen (secondary N) is 1. The summed E-state index contributed by atoms with van der Waals surface area (Å²) in [6, 6.07) is 18.3. The summed E-state index contributed by atoms with van der Waals surface area (Å²) in [6.45, 7) is 8.58. The molecule has 3 heterocycles. The molecule has 2 saturated heterocycles. The number of benzene rings is 2. The van der Waals surface area contributed by atoms with E-state index in [0.29, 0.717) is 18.1 Å². The lowest BCUT2D eigenvalue weighted by Crippen LogP contribution is -2.50. The van der Waals surface area contributed by atoms with Crippen molar-refractivity contribution in [3.63, 3.8) is 0 Å². The van der Waals surface area contributed by atoms with Gasteiger partial charge in [0.2, 0.25) is 5.91 Å². The minimum Gasteiger partial charge on any atom is -0.426 e. The van der Waals surface area contributed by atoms with Gasteiger partial charge in [0, 0.05) is 60.5 Å². The van der Waals surface area contributed by atoms with Crippen molar-refractivity contribution < 1.29 is 9.53 Å². The van der Waals surface area contributed by atoms with E-state index in [0.717, 1.165) is 79.2 Å². The molecule has 6 rings (SSSR count). The highest BCUT2D eigenvalue weighted by Crippen LogP contribution is 2.37. The number of hydrogen-bond acceptors (Lipinski definition) is 5. The molecule has 7 nitrogen and oxygen atoms in total. The van der Waals surface area contributed by atoms with E-state index < -0.39 is 0 Å². The maximum atomic E-state index is 13.3. The molecule has 2 aliphatic heterocycles. The standard InChI is InChI=1S/C32H35ClIN5O2.C2H6/c33-25-8-9-28-23(19-25)6-7-24-20-26(34)21-36-30(24)31(28)38-16-14-37(15-17-38)29(40)18-22-10-12-39(13-11-22)32(35)41-27-4-2-1-3-5-27;1-2/h1-5,8-9,19-22,31,35H,6-7,10-18H2;1-2H3. The van der Waals surface area contributed by atoms with Crippen molar-refractivity contribution in [2.45, 2.75) is 52.0 Å². The van der Waals surface area contributed by atoms with Crippen LogP contribution in [0.25, 0.3) is 0 Å². The molecule has 1 aromatic heterocycles. The number of amides is 1. The minimum atomic E-state index is 0.0757. The predicted molar refractivity (Wildman–Crippen MR) is 181 cm³/mol. The van der Waals surface area contributed by atoms with E-state index in [1.807, 2.05) is 66.2 Å². The van der Waals surface area contributed by atoms with Gasteiger partial charge >= 0.3 is 0 Å². The van der Waals surface area contributed by atoms with E-state index in [1.165, 1.54) is 16.7 Å². The normalized spacial score (nSPS) is 18.9. The maximum Gasteiger partial charge on any atom is 0.289 e. The fraction of sp³-hybridized carbons (Fsp3) is 0.441. The zero-order valence-electron chi connectivity index (χ0n) is 25.1. The molecule has 0 saturated carbocycles. The fourth-order valence-corrected chi connectivity index (χ4v) is 7.10. The highest BCUT2D eigenvalue weighted by molar-refractivity contribution is 14.1. The number of piperazine rings is 1. The number of ether oxygens (including phenoxy) is 1. The third-order valence-corrected chi connectivity index (χ3v) is 9.47. The van der Waals surface area contributed by atoms with E-state index in [9.17, 15) is 4.79 Å². The van der Waals surface area contributed by atoms with Crippen LogP contribution in [-0.2, 0) is 17.6 Å². The van der Waals surface area contributed by atoms with Gasteiger partial charge in [-0.2, -0.15) is 0 Å². The van der Waals surface area contributed by atoms with Gasteiger partial charge in [-0.1, -0.05) is 49.7 Å². The van der Waals surface area contributed by atoms with Gasteiger partial charge < -0.3 is 14.5 Å². The van der Waals surface area contributed by atoms with Gasteiger partial charge in [-0.05, 0) is 101 Å². The first kappa shape index (κ1) is 31.7. The third-order valence-electron chi connectivity index (χ3n) is 8.65. The number of carbonyl (C=O) groups excluding carboxylic acids is 1. The molecular formula is C34H41ClIN5O2. The summed E-state index contributed by atoms with van der Waals surface area (Å²) < 4.78 is 6.87. The highest BCUT2D eigenvalue weighted by Gasteiger charge is 2.34. The molecule has 0 bridgehead atoms. The Hall–Kier alpha value is -2.69. The molecule has 3 aliphatic rings. The number of carbonyl (C=O) groups is 1. The van der Waals surface area contributed by atoms with Crippen LogP contribution >= 0.6 is 34.2 Å². The largest absolute Gasteiger partial charge is 0.426 e. The van der Waals surface area contributed by atoms with Gasteiger partial charge in [-0.3, -0.25) is 20.1 Å². The zero-order chi connectivity index (χ0) is 30.3. The molecule has 0 spiro atoms. The Bertz CT molecular complexity index is 1350. The van der Waals surface area contributed by atoms with Crippen LogP contribution in [0, 0.1) is 14.9 Å². The van der Waals surface area contributed by atoms with E-state index in [2.05, 4.69) is 45.7 Å². The number of fused-ring (bicyclic) bond motifs is 2. The number of pyridine rings is 1. The highest BCUT2D eigenvalue weighted by atomic mass is 127. The number of aromatic nitrogens is 1. The van der Waals surface area contributed by atoms with Gasteiger partial charge in [-0.15, -0.1) is 0 Å². The average molecular weight is 714 g/mol. The number of likely N-dealkylation sites (tertiary alicyclic amines) is 1. The number of aryl methyl sites for hydroxylation is 2. The van der Waals surface area contributed by atoms with Crippen molar-refractivity contribution in [1.82, 2.24) is 19.7 Å². The lowest BCUT2D eigenvalue weighted by molar-refractivity contribution is -0.134. The summed E-state index contributed by atoms with van der Waals surface area (Å²) in [5.41, 5.74) is 5.03. The molecule has 43 heavy (non-hydrogen) atoms. The topological polar surface area (TPSA) is 72.8 Å². The lowest BCUT2D eigenvalue weighted by Gasteiger charge is -2.40. The van der Waals surface area contributed by atoms with E-state index in [4.69, 9.17) is 26.7 Å². The minimum absolute atomic E-state index is 0.0757. The molecule has 1 atom stereocenters. The molecule has 0 radical (unpaired) electrons. The number of hydrogen-bond donors (Lipinski definition) is 1. The average Bonchev–Trinajstić information content (AvgIpc) is 3.19. The number of nitrogens with zero attached hydrogens (tertiary/aromatic N) is 4. The van der Waals surface area contributed by atoms with Crippen LogP contribution in [0.4, 0.5) is 0 Å².